The number of fused-ring (bicyclic) bond motifs is 2. The van der Waals surface area contributed by atoms with Gasteiger partial charge in [0.2, 0.25) is 11.8 Å². The molecule has 2 bridgehead atoms. The molecule has 1 aromatic rings. The predicted octanol–water partition coefficient (Wildman–Crippen LogP) is 4.56. The molecule has 3 N–H and O–H groups in total. The monoisotopic (exact) mass is 476 g/mol. The van der Waals surface area contributed by atoms with Crippen molar-refractivity contribution in [2.45, 2.75) is 75.5 Å². The van der Waals surface area contributed by atoms with Crippen molar-refractivity contribution in [3.63, 3.8) is 0 Å². The first-order valence-electron chi connectivity index (χ1n) is 10.7. The van der Waals surface area contributed by atoms with E-state index >= 15 is 4.39 Å². The lowest BCUT2D eigenvalue weighted by Crippen LogP contribution is -2.43. The Morgan fingerprint density at radius 3 is 2.41 bits per heavy atom. The smallest absolute Gasteiger partial charge is 0.268 e. The van der Waals surface area contributed by atoms with Gasteiger partial charge in [0, 0.05) is 30.9 Å². The van der Waals surface area contributed by atoms with Crippen molar-refractivity contribution in [1.82, 2.24) is 10.6 Å². The van der Waals surface area contributed by atoms with Crippen LogP contribution in [-0.4, -0.2) is 34.6 Å². The number of alkyl halides is 3. The number of halogens is 5. The van der Waals surface area contributed by atoms with Crippen LogP contribution in [0.25, 0.3) is 0 Å². The molecule has 0 spiro atoms. The molecule has 2 amide bonds. The Morgan fingerprint density at radius 1 is 1.19 bits per heavy atom. The normalized spacial score (nSPS) is 33.8. The largest absolute Gasteiger partial charge is 0.508 e. The van der Waals surface area contributed by atoms with E-state index in [0.717, 1.165) is 19.1 Å². The summed E-state index contributed by atoms with van der Waals surface area (Å²) in [6.45, 7) is 1.12. The van der Waals surface area contributed by atoms with E-state index in [1.165, 1.54) is 0 Å². The second-order valence-electron chi connectivity index (χ2n) is 9.61. The lowest BCUT2D eigenvalue weighted by atomic mass is 9.74. The highest BCUT2D eigenvalue weighted by molar-refractivity contribution is 6.31. The van der Waals surface area contributed by atoms with Crippen LogP contribution in [0.1, 0.15) is 63.5 Å². The SMILES string of the molecule is CC(=O)N[C@H]1C[C@@H](C(=O)N[C@H](c2cc(O)cc(Cl)c2F)C23CCC(F)(CC2)C3)CC1(F)F. The van der Waals surface area contributed by atoms with Crippen molar-refractivity contribution in [2.75, 3.05) is 0 Å². The number of amides is 2. The maximum absolute atomic E-state index is 15.0. The molecule has 1 aromatic carbocycles. The fraction of sp³-hybridized carbons (Fsp3) is 0.636. The van der Waals surface area contributed by atoms with Crippen molar-refractivity contribution >= 4 is 23.4 Å². The molecule has 0 saturated heterocycles. The highest BCUT2D eigenvalue weighted by atomic mass is 35.5. The Hall–Kier alpha value is -2.03. The molecular formula is C22H25ClF4N2O3. The van der Waals surface area contributed by atoms with Crippen molar-refractivity contribution in [1.29, 1.82) is 0 Å². The molecule has 4 rings (SSSR count). The maximum atomic E-state index is 15.0. The summed E-state index contributed by atoms with van der Waals surface area (Å²) in [4.78, 5) is 24.3. The van der Waals surface area contributed by atoms with E-state index < -0.39 is 59.1 Å². The van der Waals surface area contributed by atoms with Gasteiger partial charge in [-0.05, 0) is 50.0 Å². The fourth-order valence-corrected chi connectivity index (χ4v) is 6.04. The van der Waals surface area contributed by atoms with Gasteiger partial charge >= 0.3 is 0 Å². The Morgan fingerprint density at radius 2 is 1.84 bits per heavy atom. The summed E-state index contributed by atoms with van der Waals surface area (Å²) >= 11 is 5.90. The molecular weight excluding hydrogens is 452 g/mol. The van der Waals surface area contributed by atoms with Gasteiger partial charge in [0.25, 0.3) is 5.92 Å². The van der Waals surface area contributed by atoms with E-state index in [1.807, 2.05) is 0 Å². The first-order valence-corrected chi connectivity index (χ1v) is 11.0. The molecule has 0 radical (unpaired) electrons. The van der Waals surface area contributed by atoms with Crippen LogP contribution in [-0.2, 0) is 9.59 Å². The van der Waals surface area contributed by atoms with Crippen LogP contribution in [0, 0.1) is 17.2 Å². The molecule has 3 aliphatic rings. The summed E-state index contributed by atoms with van der Waals surface area (Å²) in [6.07, 6.45) is 0.369. The summed E-state index contributed by atoms with van der Waals surface area (Å²) in [5.41, 5.74) is -2.30. The van der Waals surface area contributed by atoms with E-state index in [9.17, 15) is 27.9 Å². The van der Waals surface area contributed by atoms with Crippen molar-refractivity contribution in [3.8, 4) is 5.75 Å². The average molecular weight is 477 g/mol. The van der Waals surface area contributed by atoms with E-state index in [2.05, 4.69) is 10.6 Å². The van der Waals surface area contributed by atoms with Crippen LogP contribution in [0.2, 0.25) is 5.02 Å². The van der Waals surface area contributed by atoms with Crippen LogP contribution >= 0.6 is 11.6 Å². The minimum Gasteiger partial charge on any atom is -0.508 e. The van der Waals surface area contributed by atoms with Gasteiger partial charge < -0.3 is 15.7 Å². The summed E-state index contributed by atoms with van der Waals surface area (Å²) in [7, 11) is 0. The standard InChI is InChI=1S/C22H25ClF4N2O3/c1-11(30)28-16-6-12(9-22(16,26)27)19(32)29-18(14-7-13(31)8-15(23)17(14)24)20-2-4-21(25,10-20)5-3-20/h7-8,12,16,18,31H,2-6,9-10H2,1H3,(H,28,30)(H,29,32)/t12-,16+,18-,20?,21?/m1/s1. The van der Waals surface area contributed by atoms with Crippen LogP contribution < -0.4 is 10.6 Å². The van der Waals surface area contributed by atoms with Crippen molar-refractivity contribution in [2.24, 2.45) is 11.3 Å². The summed E-state index contributed by atoms with van der Waals surface area (Å²) in [6, 6.07) is -0.347. The van der Waals surface area contributed by atoms with Gasteiger partial charge in [-0.3, -0.25) is 9.59 Å². The van der Waals surface area contributed by atoms with Crippen LogP contribution in [0.4, 0.5) is 17.6 Å². The first-order chi connectivity index (χ1) is 14.8. The molecule has 3 aliphatic carbocycles. The molecule has 0 heterocycles. The minimum absolute atomic E-state index is 0.0855. The molecule has 3 saturated carbocycles. The topological polar surface area (TPSA) is 78.4 Å². The first kappa shape index (κ1) is 23.1. The number of carbonyl (C=O) groups excluding carboxylic acids is 2. The van der Waals surface area contributed by atoms with Gasteiger partial charge in [0.15, 0.2) is 0 Å². The fourth-order valence-electron chi connectivity index (χ4n) is 5.82. The minimum atomic E-state index is -3.27. The summed E-state index contributed by atoms with van der Waals surface area (Å²) in [5.74, 6) is -6.90. The Balaban J connectivity index is 1.64. The zero-order chi connectivity index (χ0) is 23.5. The number of nitrogens with one attached hydrogen (secondary N) is 2. The van der Waals surface area contributed by atoms with Crippen LogP contribution in [0.15, 0.2) is 12.1 Å². The van der Waals surface area contributed by atoms with E-state index in [0.29, 0.717) is 12.8 Å². The highest BCUT2D eigenvalue weighted by Gasteiger charge is 2.60. The van der Waals surface area contributed by atoms with Crippen LogP contribution in [0.5, 0.6) is 5.75 Å². The predicted molar refractivity (Wildman–Crippen MR) is 109 cm³/mol. The van der Waals surface area contributed by atoms with Crippen molar-refractivity contribution in [3.05, 3.63) is 28.5 Å². The lowest BCUT2D eigenvalue weighted by Gasteiger charge is -2.37. The number of rotatable bonds is 5. The average Bonchev–Trinajstić information content (AvgIpc) is 3.31. The maximum Gasteiger partial charge on any atom is 0.268 e. The van der Waals surface area contributed by atoms with Crippen LogP contribution in [0.3, 0.4) is 0 Å². The summed E-state index contributed by atoms with van der Waals surface area (Å²) in [5, 5.41) is 14.5. The third-order valence-electron chi connectivity index (χ3n) is 7.36. The third-order valence-corrected chi connectivity index (χ3v) is 7.63. The Kier molecular flexibility index (Phi) is 5.63. The Bertz CT molecular complexity index is 949. The van der Waals surface area contributed by atoms with E-state index in [4.69, 9.17) is 11.6 Å². The molecule has 5 nitrogen and oxygen atoms in total. The Labute approximate surface area is 187 Å². The van der Waals surface area contributed by atoms with Gasteiger partial charge in [-0.2, -0.15) is 0 Å². The molecule has 3 atom stereocenters. The van der Waals surface area contributed by atoms with Gasteiger partial charge in [0.05, 0.1) is 17.1 Å². The number of aromatic hydroxyl groups is 1. The number of benzene rings is 1. The molecule has 32 heavy (non-hydrogen) atoms. The zero-order valence-electron chi connectivity index (χ0n) is 17.5. The quantitative estimate of drug-likeness (QED) is 0.545. The van der Waals surface area contributed by atoms with Gasteiger partial charge in [-0.15, -0.1) is 0 Å². The van der Waals surface area contributed by atoms with E-state index in [1.54, 1.807) is 0 Å². The molecule has 0 aliphatic heterocycles. The van der Waals surface area contributed by atoms with Crippen molar-refractivity contribution < 1.29 is 32.3 Å². The number of hydrogen-bond donors (Lipinski definition) is 3. The van der Waals surface area contributed by atoms with Gasteiger partial charge in [-0.1, -0.05) is 11.6 Å². The zero-order valence-corrected chi connectivity index (χ0v) is 18.2. The second-order valence-corrected chi connectivity index (χ2v) is 10.0. The number of hydrogen-bond acceptors (Lipinski definition) is 3. The molecule has 10 heteroatoms. The summed E-state index contributed by atoms with van der Waals surface area (Å²) < 4.78 is 58.7. The second kappa shape index (κ2) is 7.78. The number of phenolic OH excluding ortho intramolecular Hbond substituents is 1. The molecule has 176 valence electrons. The van der Waals surface area contributed by atoms with Gasteiger partial charge in [0.1, 0.15) is 17.2 Å². The molecule has 0 unspecified atom stereocenters. The third kappa shape index (κ3) is 4.04. The molecule has 3 fully saturated rings. The van der Waals surface area contributed by atoms with Gasteiger partial charge in [-0.25, -0.2) is 17.6 Å². The lowest BCUT2D eigenvalue weighted by molar-refractivity contribution is -0.127. The molecule has 0 aromatic heterocycles. The highest BCUT2D eigenvalue weighted by Crippen LogP contribution is 2.63. The number of phenols is 1. The number of carbonyl (C=O) groups is 2. The van der Waals surface area contributed by atoms with E-state index in [-0.39, 0.29) is 42.0 Å².